The van der Waals surface area contributed by atoms with Crippen LogP contribution in [-0.4, -0.2) is 15.8 Å². The molecule has 1 aliphatic rings. The number of hydrazine groups is 1. The lowest BCUT2D eigenvalue weighted by Crippen LogP contribution is -2.44. The van der Waals surface area contributed by atoms with Gasteiger partial charge in [0.25, 0.3) is 0 Å². The van der Waals surface area contributed by atoms with Gasteiger partial charge in [-0.2, -0.15) is 5.10 Å². The molecule has 1 fully saturated rings. The van der Waals surface area contributed by atoms with Gasteiger partial charge in [-0.05, 0) is 66.3 Å². The number of aromatic nitrogens is 2. The SMILES string of the molecule is Cc1nn(C)c(CC(NN)C2CCC(C(C)C)CC2)c1Br. The van der Waals surface area contributed by atoms with E-state index in [-0.39, 0.29) is 0 Å². The molecule has 0 radical (unpaired) electrons. The number of hydrogen-bond donors (Lipinski definition) is 2. The summed E-state index contributed by atoms with van der Waals surface area (Å²) in [5, 5.41) is 4.48. The molecule has 2 rings (SSSR count). The van der Waals surface area contributed by atoms with Gasteiger partial charge in [0.05, 0.1) is 15.9 Å². The summed E-state index contributed by atoms with van der Waals surface area (Å²) in [5.41, 5.74) is 5.35. The predicted molar refractivity (Wildman–Crippen MR) is 90.7 cm³/mol. The molecule has 1 aromatic heterocycles. The summed E-state index contributed by atoms with van der Waals surface area (Å²) in [4.78, 5) is 0. The zero-order valence-corrected chi connectivity index (χ0v) is 15.3. The molecule has 1 atom stereocenters. The van der Waals surface area contributed by atoms with E-state index in [4.69, 9.17) is 5.84 Å². The minimum atomic E-state index is 0.337. The van der Waals surface area contributed by atoms with Crippen molar-refractivity contribution in [1.29, 1.82) is 0 Å². The second-order valence-electron chi connectivity index (χ2n) is 6.87. The first-order valence-electron chi connectivity index (χ1n) is 8.08. The first-order valence-corrected chi connectivity index (χ1v) is 8.87. The van der Waals surface area contributed by atoms with Crippen LogP contribution in [0, 0.1) is 24.7 Å². The van der Waals surface area contributed by atoms with Crippen molar-refractivity contribution in [1.82, 2.24) is 15.2 Å². The molecule has 0 bridgehead atoms. The van der Waals surface area contributed by atoms with Crippen molar-refractivity contribution in [3.05, 3.63) is 15.9 Å². The Bertz CT molecular complexity index is 461. The van der Waals surface area contributed by atoms with Crippen LogP contribution in [0.15, 0.2) is 4.47 Å². The van der Waals surface area contributed by atoms with Gasteiger partial charge in [-0.3, -0.25) is 16.0 Å². The van der Waals surface area contributed by atoms with Crippen LogP contribution in [-0.2, 0) is 13.5 Å². The lowest BCUT2D eigenvalue weighted by molar-refractivity contribution is 0.187. The molecule has 120 valence electrons. The molecule has 0 spiro atoms. The topological polar surface area (TPSA) is 55.9 Å². The molecule has 0 aliphatic heterocycles. The first kappa shape index (κ1) is 17.0. The molecule has 1 heterocycles. The van der Waals surface area contributed by atoms with E-state index in [1.807, 2.05) is 18.7 Å². The standard InChI is InChI=1S/C16H29BrN4/c1-10(2)12-5-7-13(8-6-12)14(19-18)9-15-16(17)11(3)20-21(15)4/h10,12-14,19H,5-9,18H2,1-4H3. The second-order valence-corrected chi connectivity index (χ2v) is 7.66. The van der Waals surface area contributed by atoms with Crippen LogP contribution >= 0.6 is 15.9 Å². The van der Waals surface area contributed by atoms with Gasteiger partial charge in [0.2, 0.25) is 0 Å². The number of halogens is 1. The maximum atomic E-state index is 5.86. The molecular formula is C16H29BrN4. The highest BCUT2D eigenvalue weighted by atomic mass is 79.9. The Morgan fingerprint density at radius 2 is 1.86 bits per heavy atom. The molecular weight excluding hydrogens is 328 g/mol. The molecule has 1 saturated carbocycles. The third-order valence-electron chi connectivity index (χ3n) is 5.22. The number of rotatable bonds is 5. The smallest absolute Gasteiger partial charge is 0.0738 e. The first-order chi connectivity index (χ1) is 9.93. The fourth-order valence-electron chi connectivity index (χ4n) is 3.69. The monoisotopic (exact) mass is 356 g/mol. The summed E-state index contributed by atoms with van der Waals surface area (Å²) in [7, 11) is 2.01. The summed E-state index contributed by atoms with van der Waals surface area (Å²) in [6, 6.07) is 0.337. The van der Waals surface area contributed by atoms with Crippen LogP contribution in [0.3, 0.4) is 0 Å². The molecule has 0 aromatic carbocycles. The van der Waals surface area contributed by atoms with E-state index in [1.165, 1.54) is 31.4 Å². The lowest BCUT2D eigenvalue weighted by Gasteiger charge is -2.35. The highest BCUT2D eigenvalue weighted by Gasteiger charge is 2.29. The van der Waals surface area contributed by atoms with Crippen LogP contribution in [0.5, 0.6) is 0 Å². The van der Waals surface area contributed by atoms with Crippen molar-refractivity contribution in [2.75, 3.05) is 0 Å². The van der Waals surface area contributed by atoms with Gasteiger partial charge in [0, 0.05) is 19.5 Å². The normalized spacial score (nSPS) is 24.5. The van der Waals surface area contributed by atoms with E-state index < -0.39 is 0 Å². The molecule has 21 heavy (non-hydrogen) atoms. The Morgan fingerprint density at radius 1 is 1.29 bits per heavy atom. The molecule has 0 amide bonds. The molecule has 1 unspecified atom stereocenters. The fraction of sp³-hybridized carbons (Fsp3) is 0.812. The van der Waals surface area contributed by atoms with Crippen molar-refractivity contribution in [2.24, 2.45) is 30.6 Å². The van der Waals surface area contributed by atoms with Crippen molar-refractivity contribution < 1.29 is 0 Å². The van der Waals surface area contributed by atoms with Gasteiger partial charge >= 0.3 is 0 Å². The van der Waals surface area contributed by atoms with E-state index >= 15 is 0 Å². The van der Waals surface area contributed by atoms with Gasteiger partial charge < -0.3 is 0 Å². The number of aryl methyl sites for hydroxylation is 2. The largest absolute Gasteiger partial charge is 0.271 e. The fourth-order valence-corrected chi connectivity index (χ4v) is 4.18. The van der Waals surface area contributed by atoms with Crippen LogP contribution in [0.4, 0.5) is 0 Å². The van der Waals surface area contributed by atoms with Crippen LogP contribution < -0.4 is 11.3 Å². The number of nitrogens with zero attached hydrogens (tertiary/aromatic N) is 2. The Kier molecular flexibility index (Phi) is 5.86. The maximum absolute atomic E-state index is 5.86. The number of hydrogen-bond acceptors (Lipinski definition) is 3. The van der Waals surface area contributed by atoms with E-state index in [2.05, 4.69) is 40.3 Å². The summed E-state index contributed by atoms with van der Waals surface area (Å²) in [5.74, 6) is 8.23. The lowest BCUT2D eigenvalue weighted by atomic mass is 9.74. The molecule has 1 aliphatic carbocycles. The van der Waals surface area contributed by atoms with Crippen LogP contribution in [0.2, 0.25) is 0 Å². The van der Waals surface area contributed by atoms with Gasteiger partial charge in [0.1, 0.15) is 0 Å². The van der Waals surface area contributed by atoms with Crippen molar-refractivity contribution in [2.45, 2.75) is 58.9 Å². The number of nitrogens with one attached hydrogen (secondary N) is 1. The summed E-state index contributed by atoms with van der Waals surface area (Å²) in [6.45, 7) is 6.73. The summed E-state index contributed by atoms with van der Waals surface area (Å²) < 4.78 is 3.10. The van der Waals surface area contributed by atoms with Crippen molar-refractivity contribution >= 4 is 15.9 Å². The molecule has 3 N–H and O–H groups in total. The molecule has 0 saturated heterocycles. The molecule has 4 nitrogen and oxygen atoms in total. The summed E-state index contributed by atoms with van der Waals surface area (Å²) >= 11 is 3.66. The minimum absolute atomic E-state index is 0.337. The van der Waals surface area contributed by atoms with E-state index in [0.29, 0.717) is 12.0 Å². The van der Waals surface area contributed by atoms with Gasteiger partial charge in [-0.25, -0.2) is 0 Å². The van der Waals surface area contributed by atoms with E-state index in [9.17, 15) is 0 Å². The quantitative estimate of drug-likeness (QED) is 0.628. The summed E-state index contributed by atoms with van der Waals surface area (Å²) in [6.07, 6.45) is 6.18. The Labute approximate surface area is 137 Å². The third kappa shape index (κ3) is 3.88. The van der Waals surface area contributed by atoms with Crippen LogP contribution in [0.1, 0.15) is 50.9 Å². The molecule has 1 aromatic rings. The zero-order chi connectivity index (χ0) is 15.6. The molecule has 5 heteroatoms. The second kappa shape index (κ2) is 7.25. The predicted octanol–water partition coefficient (Wildman–Crippen LogP) is 3.33. The van der Waals surface area contributed by atoms with E-state index in [1.54, 1.807) is 0 Å². The number of nitrogens with two attached hydrogens (primary N) is 1. The van der Waals surface area contributed by atoms with Gasteiger partial charge in [0.15, 0.2) is 0 Å². The maximum Gasteiger partial charge on any atom is 0.0738 e. The van der Waals surface area contributed by atoms with E-state index in [0.717, 1.165) is 28.4 Å². The van der Waals surface area contributed by atoms with Crippen LogP contribution in [0.25, 0.3) is 0 Å². The minimum Gasteiger partial charge on any atom is -0.271 e. The zero-order valence-electron chi connectivity index (χ0n) is 13.7. The third-order valence-corrected chi connectivity index (χ3v) is 6.25. The Morgan fingerprint density at radius 3 is 2.29 bits per heavy atom. The van der Waals surface area contributed by atoms with Crippen molar-refractivity contribution in [3.8, 4) is 0 Å². The van der Waals surface area contributed by atoms with Gasteiger partial charge in [-0.15, -0.1) is 0 Å². The highest BCUT2D eigenvalue weighted by molar-refractivity contribution is 9.10. The average Bonchev–Trinajstić information content (AvgIpc) is 2.70. The highest BCUT2D eigenvalue weighted by Crippen LogP contribution is 2.36. The van der Waals surface area contributed by atoms with Gasteiger partial charge in [-0.1, -0.05) is 13.8 Å². The van der Waals surface area contributed by atoms with Crippen molar-refractivity contribution in [3.63, 3.8) is 0 Å². The average molecular weight is 357 g/mol. The Balaban J connectivity index is 2.01. The Hall–Kier alpha value is -0.390.